The fourth-order valence-corrected chi connectivity index (χ4v) is 5.44. The first kappa shape index (κ1) is 14.0. The highest BCUT2D eigenvalue weighted by Gasteiger charge is 2.31. The number of rotatable bonds is 2. The van der Waals surface area contributed by atoms with Crippen LogP contribution in [0.25, 0.3) is 0 Å². The Morgan fingerprint density at radius 1 is 1.05 bits per heavy atom. The summed E-state index contributed by atoms with van der Waals surface area (Å²) < 4.78 is 1.25. The van der Waals surface area contributed by atoms with E-state index in [1.807, 2.05) is 11.3 Å². The monoisotopic (exact) mass is 361 g/mol. The Kier molecular flexibility index (Phi) is 3.91. The summed E-state index contributed by atoms with van der Waals surface area (Å²) in [5.74, 6) is 0.839. The number of piperidine rings is 1. The number of fused-ring (bicyclic) bond motifs is 2. The standard InChI is InChI=1S/C18H20BrNS/c19-18-8-7-17(21-18)12-20-11-13-5-6-16(20)10-15-4-2-1-3-14(15)9-13/h1-4,7-8,13,16H,5-6,9-12H2/t13-,16+/m1/s1. The van der Waals surface area contributed by atoms with Gasteiger partial charge in [0, 0.05) is 24.0 Å². The second kappa shape index (κ2) is 5.86. The minimum absolute atomic E-state index is 0.726. The van der Waals surface area contributed by atoms with Crippen molar-refractivity contribution in [1.29, 1.82) is 0 Å². The third-order valence-corrected chi connectivity index (χ3v) is 6.60. The lowest BCUT2D eigenvalue weighted by molar-refractivity contribution is 0.0948. The molecule has 2 aliphatic heterocycles. The Morgan fingerprint density at radius 3 is 2.62 bits per heavy atom. The lowest BCUT2D eigenvalue weighted by Gasteiger charge is -2.42. The van der Waals surface area contributed by atoms with Crippen molar-refractivity contribution in [1.82, 2.24) is 4.90 Å². The average Bonchev–Trinajstić information content (AvgIpc) is 2.85. The van der Waals surface area contributed by atoms with Crippen LogP contribution in [0.5, 0.6) is 0 Å². The molecule has 0 saturated carbocycles. The summed E-state index contributed by atoms with van der Waals surface area (Å²) >= 11 is 5.47. The molecule has 2 atom stereocenters. The van der Waals surface area contributed by atoms with Crippen LogP contribution >= 0.6 is 27.3 Å². The summed E-state index contributed by atoms with van der Waals surface area (Å²) in [4.78, 5) is 4.23. The molecule has 1 saturated heterocycles. The SMILES string of the molecule is Brc1ccc(CN2C[C@@H]3CC[C@H]2Cc2ccccc2C3)s1. The fraction of sp³-hybridized carbons (Fsp3) is 0.444. The van der Waals surface area contributed by atoms with Crippen LogP contribution in [0.4, 0.5) is 0 Å². The van der Waals surface area contributed by atoms with Gasteiger partial charge < -0.3 is 0 Å². The molecular weight excluding hydrogens is 342 g/mol. The normalized spacial score (nSPS) is 25.4. The van der Waals surface area contributed by atoms with E-state index in [2.05, 4.69) is 57.2 Å². The molecule has 0 unspecified atom stereocenters. The fourth-order valence-electron chi connectivity index (χ4n) is 3.93. The van der Waals surface area contributed by atoms with Gasteiger partial charge in [-0.1, -0.05) is 24.3 Å². The molecule has 1 nitrogen and oxygen atoms in total. The summed E-state index contributed by atoms with van der Waals surface area (Å²) in [6, 6.07) is 14.3. The van der Waals surface area contributed by atoms with E-state index in [9.17, 15) is 0 Å². The van der Waals surface area contributed by atoms with Crippen LogP contribution in [0.2, 0.25) is 0 Å². The van der Waals surface area contributed by atoms with Gasteiger partial charge >= 0.3 is 0 Å². The largest absolute Gasteiger partial charge is 0.295 e. The Morgan fingerprint density at radius 2 is 1.86 bits per heavy atom. The van der Waals surface area contributed by atoms with Gasteiger partial charge in [-0.2, -0.15) is 0 Å². The lowest BCUT2D eigenvalue weighted by Crippen LogP contribution is -2.45. The Labute approximate surface area is 139 Å². The number of halogens is 1. The lowest BCUT2D eigenvalue weighted by atomic mass is 9.80. The zero-order chi connectivity index (χ0) is 14.2. The number of thiophene rings is 1. The molecule has 2 aromatic rings. The van der Waals surface area contributed by atoms with Crippen molar-refractivity contribution in [2.45, 2.75) is 38.3 Å². The van der Waals surface area contributed by atoms with Gasteiger partial charge in [0.25, 0.3) is 0 Å². The van der Waals surface area contributed by atoms with Crippen LogP contribution in [-0.2, 0) is 19.4 Å². The van der Waals surface area contributed by atoms with E-state index in [1.54, 1.807) is 11.1 Å². The van der Waals surface area contributed by atoms with Crippen molar-refractivity contribution in [2.24, 2.45) is 5.92 Å². The molecule has 3 heterocycles. The van der Waals surface area contributed by atoms with E-state index >= 15 is 0 Å². The molecule has 3 heteroatoms. The highest BCUT2D eigenvalue weighted by atomic mass is 79.9. The molecule has 0 radical (unpaired) electrons. The topological polar surface area (TPSA) is 3.24 Å². The summed E-state index contributed by atoms with van der Waals surface area (Å²) in [5.41, 5.74) is 3.19. The maximum Gasteiger partial charge on any atom is 0.0701 e. The predicted octanol–water partition coefficient (Wildman–Crippen LogP) is 4.89. The van der Waals surface area contributed by atoms with Crippen molar-refractivity contribution >= 4 is 27.3 Å². The molecular formula is C18H20BrNS. The van der Waals surface area contributed by atoms with Crippen LogP contribution in [0.1, 0.15) is 28.8 Å². The van der Waals surface area contributed by atoms with Crippen LogP contribution in [-0.4, -0.2) is 17.5 Å². The second-order valence-corrected chi connectivity index (χ2v) is 8.96. The van der Waals surface area contributed by atoms with E-state index in [0.29, 0.717) is 0 Å². The van der Waals surface area contributed by atoms with Crippen molar-refractivity contribution in [3.8, 4) is 0 Å². The molecule has 1 fully saturated rings. The average molecular weight is 362 g/mol. The van der Waals surface area contributed by atoms with Gasteiger partial charge in [-0.3, -0.25) is 4.90 Å². The third kappa shape index (κ3) is 2.96. The summed E-state index contributed by atoms with van der Waals surface area (Å²) in [6.07, 6.45) is 5.28. The number of hydrogen-bond donors (Lipinski definition) is 0. The van der Waals surface area contributed by atoms with Crippen LogP contribution in [0.3, 0.4) is 0 Å². The highest BCUT2D eigenvalue weighted by Crippen LogP contribution is 2.34. The van der Waals surface area contributed by atoms with E-state index in [0.717, 1.165) is 18.5 Å². The third-order valence-electron chi connectivity index (χ3n) is 4.99. The maximum absolute atomic E-state index is 3.59. The molecule has 0 amide bonds. The van der Waals surface area contributed by atoms with Crippen LogP contribution < -0.4 is 0 Å². The molecule has 5 rings (SSSR count). The first-order valence-electron chi connectivity index (χ1n) is 7.83. The summed E-state index contributed by atoms with van der Waals surface area (Å²) in [7, 11) is 0. The van der Waals surface area contributed by atoms with Crippen LogP contribution in [0.15, 0.2) is 40.2 Å². The molecule has 110 valence electrons. The van der Waals surface area contributed by atoms with Crippen molar-refractivity contribution in [3.63, 3.8) is 0 Å². The molecule has 21 heavy (non-hydrogen) atoms. The molecule has 1 aromatic carbocycles. The van der Waals surface area contributed by atoms with Gasteiger partial charge in [0.05, 0.1) is 3.79 Å². The van der Waals surface area contributed by atoms with Crippen molar-refractivity contribution < 1.29 is 0 Å². The quantitative estimate of drug-likeness (QED) is 0.735. The van der Waals surface area contributed by atoms with Crippen molar-refractivity contribution in [2.75, 3.05) is 6.54 Å². The van der Waals surface area contributed by atoms with Gasteiger partial charge in [0.15, 0.2) is 0 Å². The molecule has 3 aliphatic rings. The van der Waals surface area contributed by atoms with Crippen molar-refractivity contribution in [3.05, 3.63) is 56.2 Å². The maximum atomic E-state index is 3.59. The molecule has 1 aliphatic carbocycles. The Balaban J connectivity index is 1.58. The van der Waals surface area contributed by atoms with Gasteiger partial charge in [-0.15, -0.1) is 11.3 Å². The van der Waals surface area contributed by atoms with Crippen LogP contribution in [0, 0.1) is 5.92 Å². The number of hydrogen-bond acceptors (Lipinski definition) is 2. The van der Waals surface area contributed by atoms with Gasteiger partial charge in [-0.05, 0) is 70.8 Å². The predicted molar refractivity (Wildman–Crippen MR) is 92.8 cm³/mol. The Hall–Kier alpha value is -0.640. The molecule has 0 spiro atoms. The van der Waals surface area contributed by atoms with Gasteiger partial charge in [0.1, 0.15) is 0 Å². The first-order chi connectivity index (χ1) is 10.3. The minimum Gasteiger partial charge on any atom is -0.295 e. The first-order valence-corrected chi connectivity index (χ1v) is 9.44. The van der Waals surface area contributed by atoms with E-state index in [-0.39, 0.29) is 0 Å². The number of nitrogens with zero attached hydrogens (tertiary/aromatic N) is 1. The summed E-state index contributed by atoms with van der Waals surface area (Å²) in [6.45, 7) is 2.40. The minimum atomic E-state index is 0.726. The smallest absolute Gasteiger partial charge is 0.0701 e. The highest BCUT2D eigenvalue weighted by molar-refractivity contribution is 9.11. The molecule has 1 aromatic heterocycles. The van der Waals surface area contributed by atoms with E-state index in [1.165, 1.54) is 40.9 Å². The van der Waals surface area contributed by atoms with Gasteiger partial charge in [-0.25, -0.2) is 0 Å². The molecule has 0 N–H and O–H groups in total. The second-order valence-electron chi connectivity index (χ2n) is 6.41. The number of benzene rings is 1. The zero-order valence-corrected chi connectivity index (χ0v) is 14.5. The van der Waals surface area contributed by atoms with Gasteiger partial charge in [0.2, 0.25) is 0 Å². The molecule has 2 bridgehead atoms. The Bertz CT molecular complexity index is 636. The summed E-state index contributed by atoms with van der Waals surface area (Å²) in [5, 5.41) is 0. The van der Waals surface area contributed by atoms with E-state index < -0.39 is 0 Å². The van der Waals surface area contributed by atoms with E-state index in [4.69, 9.17) is 0 Å². The zero-order valence-electron chi connectivity index (χ0n) is 12.1.